The van der Waals surface area contributed by atoms with Crippen molar-refractivity contribution >= 4 is 17.5 Å². The molecule has 0 spiro atoms. The van der Waals surface area contributed by atoms with Gasteiger partial charge in [-0.1, -0.05) is 26.0 Å². The summed E-state index contributed by atoms with van der Waals surface area (Å²) in [6.07, 6.45) is 4.66. The van der Waals surface area contributed by atoms with E-state index < -0.39 is 5.41 Å². The first-order valence-corrected chi connectivity index (χ1v) is 8.83. The molecule has 4 N–H and O–H groups in total. The average molecular weight is 354 g/mol. The van der Waals surface area contributed by atoms with E-state index >= 15 is 0 Å². The summed E-state index contributed by atoms with van der Waals surface area (Å²) in [5.74, 6) is -0.213. The predicted octanol–water partition coefficient (Wildman–Crippen LogP) is 2.72. The van der Waals surface area contributed by atoms with Crippen LogP contribution in [-0.4, -0.2) is 23.3 Å². The molecule has 2 amide bonds. The highest BCUT2D eigenvalue weighted by atomic mass is 16.2. The Morgan fingerprint density at radius 2 is 1.65 bits per heavy atom. The molecule has 1 heterocycles. The summed E-state index contributed by atoms with van der Waals surface area (Å²) in [6.45, 7) is 4.70. The maximum atomic E-state index is 12.4. The standard InChI is InChI=1S/C20H26N4O2/c1-3-20(4-2,14-21)19(26)23-13-15-5-7-16(8-6-15)18(25)24-17-9-11-22-12-10-17/h5-12H,3-4,13-14,21H2,1-2H3,(H,23,26)(H,22,24,25). The fourth-order valence-electron chi connectivity index (χ4n) is 2.73. The largest absolute Gasteiger partial charge is 0.352 e. The highest BCUT2D eigenvalue weighted by Gasteiger charge is 2.32. The van der Waals surface area contributed by atoms with Crippen LogP contribution < -0.4 is 16.4 Å². The van der Waals surface area contributed by atoms with Gasteiger partial charge in [-0.25, -0.2) is 0 Å². The van der Waals surface area contributed by atoms with Crippen molar-refractivity contribution in [1.82, 2.24) is 10.3 Å². The van der Waals surface area contributed by atoms with E-state index in [1.807, 2.05) is 26.0 Å². The topological polar surface area (TPSA) is 97.1 Å². The Bertz CT molecular complexity index is 717. The zero-order valence-electron chi connectivity index (χ0n) is 15.3. The Hall–Kier alpha value is -2.73. The van der Waals surface area contributed by atoms with Crippen molar-refractivity contribution in [2.24, 2.45) is 11.1 Å². The van der Waals surface area contributed by atoms with Crippen molar-refractivity contribution in [2.45, 2.75) is 33.2 Å². The first-order valence-electron chi connectivity index (χ1n) is 8.83. The van der Waals surface area contributed by atoms with Crippen LogP contribution in [0.2, 0.25) is 0 Å². The SMILES string of the molecule is CCC(CC)(CN)C(=O)NCc1ccc(C(=O)Nc2ccncc2)cc1. The molecule has 0 fully saturated rings. The van der Waals surface area contributed by atoms with E-state index in [2.05, 4.69) is 15.6 Å². The number of benzene rings is 1. The van der Waals surface area contributed by atoms with Gasteiger partial charge >= 0.3 is 0 Å². The Balaban J connectivity index is 1.95. The van der Waals surface area contributed by atoms with Crippen LogP contribution >= 0.6 is 0 Å². The second-order valence-electron chi connectivity index (χ2n) is 6.26. The van der Waals surface area contributed by atoms with Crippen molar-refractivity contribution in [3.63, 3.8) is 0 Å². The number of nitrogens with two attached hydrogens (primary N) is 1. The minimum Gasteiger partial charge on any atom is -0.352 e. The van der Waals surface area contributed by atoms with Crippen molar-refractivity contribution in [1.29, 1.82) is 0 Å². The molecule has 138 valence electrons. The molecule has 0 unspecified atom stereocenters. The zero-order chi connectivity index (χ0) is 19.0. The second-order valence-corrected chi connectivity index (χ2v) is 6.26. The predicted molar refractivity (Wildman–Crippen MR) is 103 cm³/mol. The number of carbonyl (C=O) groups excluding carboxylic acids is 2. The van der Waals surface area contributed by atoms with Crippen LogP contribution in [0.4, 0.5) is 5.69 Å². The number of anilines is 1. The third-order valence-corrected chi connectivity index (χ3v) is 4.83. The van der Waals surface area contributed by atoms with Gasteiger partial charge in [-0.05, 0) is 42.7 Å². The highest BCUT2D eigenvalue weighted by Crippen LogP contribution is 2.25. The molecule has 6 heteroatoms. The molecule has 0 aliphatic rings. The molecule has 1 aromatic heterocycles. The monoisotopic (exact) mass is 354 g/mol. The van der Waals surface area contributed by atoms with Gasteiger partial charge in [0.25, 0.3) is 5.91 Å². The fourth-order valence-corrected chi connectivity index (χ4v) is 2.73. The number of hydrogen-bond donors (Lipinski definition) is 3. The highest BCUT2D eigenvalue weighted by molar-refractivity contribution is 6.04. The Morgan fingerprint density at radius 3 is 2.19 bits per heavy atom. The summed E-state index contributed by atoms with van der Waals surface area (Å²) in [5.41, 5.74) is 7.47. The van der Waals surface area contributed by atoms with Gasteiger partial charge in [0.1, 0.15) is 0 Å². The normalized spacial score (nSPS) is 11.0. The molecule has 0 saturated carbocycles. The minimum absolute atomic E-state index is 0.0236. The van der Waals surface area contributed by atoms with Gasteiger partial charge in [-0.3, -0.25) is 14.6 Å². The van der Waals surface area contributed by atoms with Gasteiger partial charge in [0, 0.05) is 36.7 Å². The Labute approximate surface area is 154 Å². The zero-order valence-corrected chi connectivity index (χ0v) is 15.3. The molecule has 1 aromatic carbocycles. The summed E-state index contributed by atoms with van der Waals surface area (Å²) in [5, 5.41) is 5.76. The molecule has 26 heavy (non-hydrogen) atoms. The first kappa shape index (κ1) is 19.6. The lowest BCUT2D eigenvalue weighted by Gasteiger charge is -2.28. The third kappa shape index (κ3) is 4.67. The number of pyridine rings is 1. The summed E-state index contributed by atoms with van der Waals surface area (Å²) < 4.78 is 0. The maximum absolute atomic E-state index is 12.4. The Morgan fingerprint density at radius 1 is 1.04 bits per heavy atom. The molecule has 6 nitrogen and oxygen atoms in total. The summed E-state index contributed by atoms with van der Waals surface area (Å²) in [6, 6.07) is 10.6. The molecule has 2 rings (SSSR count). The van der Waals surface area contributed by atoms with E-state index in [4.69, 9.17) is 5.73 Å². The minimum atomic E-state index is -0.510. The number of aromatic nitrogens is 1. The number of rotatable bonds is 8. The van der Waals surface area contributed by atoms with Gasteiger partial charge < -0.3 is 16.4 Å². The molecule has 0 radical (unpaired) electrons. The molecular formula is C20H26N4O2. The summed E-state index contributed by atoms with van der Waals surface area (Å²) in [7, 11) is 0. The van der Waals surface area contributed by atoms with Crippen molar-refractivity contribution in [3.8, 4) is 0 Å². The van der Waals surface area contributed by atoms with Crippen molar-refractivity contribution < 1.29 is 9.59 Å². The third-order valence-electron chi connectivity index (χ3n) is 4.83. The maximum Gasteiger partial charge on any atom is 0.255 e. The second kappa shape index (κ2) is 9.10. The molecule has 0 bridgehead atoms. The lowest BCUT2D eigenvalue weighted by Crippen LogP contribution is -2.45. The number of nitrogens with one attached hydrogen (secondary N) is 2. The van der Waals surface area contributed by atoms with Crippen LogP contribution in [0.3, 0.4) is 0 Å². The van der Waals surface area contributed by atoms with E-state index in [0.29, 0.717) is 37.2 Å². The van der Waals surface area contributed by atoms with Gasteiger partial charge in [0.05, 0.1) is 5.41 Å². The number of carbonyl (C=O) groups is 2. The summed E-state index contributed by atoms with van der Waals surface area (Å²) in [4.78, 5) is 28.6. The van der Waals surface area contributed by atoms with Crippen molar-refractivity contribution in [2.75, 3.05) is 11.9 Å². The number of nitrogens with zero attached hydrogens (tertiary/aromatic N) is 1. The fraction of sp³-hybridized carbons (Fsp3) is 0.350. The molecule has 0 atom stereocenters. The van der Waals surface area contributed by atoms with E-state index in [9.17, 15) is 9.59 Å². The van der Waals surface area contributed by atoms with Crippen LogP contribution in [0.25, 0.3) is 0 Å². The molecule has 0 aliphatic carbocycles. The van der Waals surface area contributed by atoms with Crippen LogP contribution in [0, 0.1) is 5.41 Å². The molecule has 2 aromatic rings. The van der Waals surface area contributed by atoms with Crippen LogP contribution in [0.15, 0.2) is 48.8 Å². The summed E-state index contributed by atoms with van der Waals surface area (Å²) >= 11 is 0. The van der Waals surface area contributed by atoms with Gasteiger partial charge in [-0.15, -0.1) is 0 Å². The van der Waals surface area contributed by atoms with E-state index in [1.54, 1.807) is 36.7 Å². The van der Waals surface area contributed by atoms with Crippen molar-refractivity contribution in [3.05, 3.63) is 59.9 Å². The molecule has 0 saturated heterocycles. The number of hydrogen-bond acceptors (Lipinski definition) is 4. The quantitative estimate of drug-likeness (QED) is 0.679. The van der Waals surface area contributed by atoms with E-state index in [-0.39, 0.29) is 11.8 Å². The first-order chi connectivity index (χ1) is 12.5. The van der Waals surface area contributed by atoms with Gasteiger partial charge in [0.2, 0.25) is 5.91 Å². The lowest BCUT2D eigenvalue weighted by molar-refractivity contribution is -0.131. The lowest BCUT2D eigenvalue weighted by atomic mass is 9.81. The number of amides is 2. The van der Waals surface area contributed by atoms with Crippen LogP contribution in [-0.2, 0) is 11.3 Å². The van der Waals surface area contributed by atoms with E-state index in [1.165, 1.54) is 0 Å². The molecular weight excluding hydrogens is 328 g/mol. The van der Waals surface area contributed by atoms with Crippen LogP contribution in [0.1, 0.15) is 42.6 Å². The van der Waals surface area contributed by atoms with Gasteiger partial charge in [-0.2, -0.15) is 0 Å². The smallest absolute Gasteiger partial charge is 0.255 e. The average Bonchev–Trinajstić information content (AvgIpc) is 2.69. The van der Waals surface area contributed by atoms with E-state index in [0.717, 1.165) is 5.56 Å². The van der Waals surface area contributed by atoms with Gasteiger partial charge in [0.15, 0.2) is 0 Å². The van der Waals surface area contributed by atoms with Crippen LogP contribution in [0.5, 0.6) is 0 Å². The Kier molecular flexibility index (Phi) is 6.86. The molecule has 0 aliphatic heterocycles.